The predicted molar refractivity (Wildman–Crippen MR) is 75.0 cm³/mol. The molecule has 1 aromatic carbocycles. The Morgan fingerprint density at radius 1 is 1.14 bits per heavy atom. The molecule has 1 heterocycles. The van der Waals surface area contributed by atoms with Crippen LogP contribution in [0.2, 0.25) is 0 Å². The Morgan fingerprint density at radius 2 is 1.81 bits per heavy atom. The van der Waals surface area contributed by atoms with Crippen molar-refractivity contribution in [3.05, 3.63) is 65.3 Å². The Labute approximate surface area is 120 Å². The van der Waals surface area contributed by atoms with Crippen molar-refractivity contribution in [3.8, 4) is 0 Å². The molecule has 4 N–H and O–H groups in total. The van der Waals surface area contributed by atoms with Crippen molar-refractivity contribution >= 4 is 17.4 Å². The van der Waals surface area contributed by atoms with Gasteiger partial charge in [-0.05, 0) is 29.3 Å². The summed E-state index contributed by atoms with van der Waals surface area (Å²) >= 11 is 0. The average Bonchev–Trinajstić information content (AvgIpc) is 2.90. The molecule has 2 rings (SSSR count). The van der Waals surface area contributed by atoms with Gasteiger partial charge in [0.2, 0.25) is 11.5 Å². The summed E-state index contributed by atoms with van der Waals surface area (Å²) in [5, 5.41) is 17.5. The SMILES string of the molecule is Nc1ccc(Cc2coc(C(=O)C=C(O)C(=O)O)c2)cc1. The normalized spacial score (nSPS) is 11.3. The van der Waals surface area contributed by atoms with Crippen LogP contribution >= 0.6 is 0 Å². The number of benzene rings is 1. The van der Waals surface area contributed by atoms with Crippen LogP contribution < -0.4 is 5.73 Å². The van der Waals surface area contributed by atoms with Crippen LogP contribution in [0.15, 0.2) is 52.8 Å². The number of anilines is 1. The number of carbonyl (C=O) groups is 2. The first-order valence-electron chi connectivity index (χ1n) is 6.06. The molecular weight excluding hydrogens is 274 g/mol. The third-order valence-corrected chi connectivity index (χ3v) is 2.77. The van der Waals surface area contributed by atoms with Crippen LogP contribution in [0.1, 0.15) is 21.7 Å². The van der Waals surface area contributed by atoms with E-state index in [0.717, 1.165) is 11.1 Å². The van der Waals surface area contributed by atoms with Crippen molar-refractivity contribution in [3.63, 3.8) is 0 Å². The van der Waals surface area contributed by atoms with Gasteiger partial charge in [0.05, 0.1) is 6.26 Å². The Balaban J connectivity index is 2.11. The number of aliphatic carboxylic acids is 1. The Hall–Kier alpha value is -3.02. The van der Waals surface area contributed by atoms with Gasteiger partial charge in [-0.25, -0.2) is 4.79 Å². The number of carbonyl (C=O) groups excluding carboxylic acids is 1. The van der Waals surface area contributed by atoms with Gasteiger partial charge in [0.25, 0.3) is 0 Å². The fraction of sp³-hybridized carbons (Fsp3) is 0.0667. The Kier molecular flexibility index (Phi) is 4.08. The summed E-state index contributed by atoms with van der Waals surface area (Å²) in [6.07, 6.45) is 2.56. The molecule has 0 bridgehead atoms. The summed E-state index contributed by atoms with van der Waals surface area (Å²) in [5.41, 5.74) is 8.01. The van der Waals surface area contributed by atoms with Crippen molar-refractivity contribution in [2.45, 2.75) is 6.42 Å². The van der Waals surface area contributed by atoms with E-state index in [0.29, 0.717) is 18.2 Å². The fourth-order valence-corrected chi connectivity index (χ4v) is 1.73. The maximum atomic E-state index is 11.7. The predicted octanol–water partition coefficient (Wildman–Crippen LogP) is 2.16. The lowest BCUT2D eigenvalue weighted by molar-refractivity contribution is -0.135. The zero-order valence-electron chi connectivity index (χ0n) is 10.9. The first-order chi connectivity index (χ1) is 9.95. The third kappa shape index (κ3) is 3.73. The molecule has 0 unspecified atom stereocenters. The maximum absolute atomic E-state index is 11.7. The monoisotopic (exact) mass is 287 g/mol. The smallest absolute Gasteiger partial charge is 0.371 e. The van der Waals surface area contributed by atoms with Crippen LogP contribution in [0, 0.1) is 0 Å². The molecule has 0 atom stereocenters. The zero-order valence-corrected chi connectivity index (χ0v) is 10.9. The standard InChI is InChI=1S/C15H13NO5/c16-11-3-1-9(2-4-11)5-10-6-14(21-8-10)12(17)7-13(18)15(19)20/h1-4,6-8,18H,5,16H2,(H,19,20). The Bertz CT molecular complexity index is 697. The topological polar surface area (TPSA) is 114 Å². The molecule has 21 heavy (non-hydrogen) atoms. The highest BCUT2D eigenvalue weighted by atomic mass is 16.4. The van der Waals surface area contributed by atoms with E-state index in [9.17, 15) is 9.59 Å². The highest BCUT2D eigenvalue weighted by Crippen LogP contribution is 2.15. The number of aliphatic hydroxyl groups is 1. The summed E-state index contributed by atoms with van der Waals surface area (Å²) in [6.45, 7) is 0. The molecule has 1 aromatic heterocycles. The third-order valence-electron chi connectivity index (χ3n) is 2.77. The molecule has 0 aliphatic rings. The minimum Gasteiger partial charge on any atom is -0.502 e. The van der Waals surface area contributed by atoms with E-state index in [1.165, 1.54) is 12.3 Å². The van der Waals surface area contributed by atoms with Gasteiger partial charge in [-0.3, -0.25) is 4.79 Å². The number of hydrogen-bond donors (Lipinski definition) is 3. The summed E-state index contributed by atoms with van der Waals surface area (Å²) in [5.74, 6) is -3.35. The molecule has 0 radical (unpaired) electrons. The van der Waals surface area contributed by atoms with Gasteiger partial charge in [0.1, 0.15) is 0 Å². The van der Waals surface area contributed by atoms with Crippen LogP contribution in [-0.4, -0.2) is 22.0 Å². The summed E-state index contributed by atoms with van der Waals surface area (Å²) in [4.78, 5) is 22.1. The highest BCUT2D eigenvalue weighted by Gasteiger charge is 2.13. The zero-order chi connectivity index (χ0) is 15.4. The van der Waals surface area contributed by atoms with Crippen molar-refractivity contribution < 1.29 is 24.2 Å². The minimum atomic E-state index is -1.57. The molecular formula is C15H13NO5. The van der Waals surface area contributed by atoms with Gasteiger partial charge >= 0.3 is 5.97 Å². The number of allylic oxidation sites excluding steroid dienone is 1. The van der Waals surface area contributed by atoms with Crippen LogP contribution in [0.25, 0.3) is 0 Å². The second-order valence-corrected chi connectivity index (χ2v) is 4.44. The minimum absolute atomic E-state index is 0.0340. The number of carboxylic acids is 1. The second kappa shape index (κ2) is 5.96. The number of carboxylic acid groups (broad SMARTS) is 1. The molecule has 0 fully saturated rings. The van der Waals surface area contributed by atoms with Crippen LogP contribution in [-0.2, 0) is 11.2 Å². The molecule has 0 amide bonds. The number of rotatable bonds is 5. The average molecular weight is 287 g/mol. The number of aliphatic hydroxyl groups excluding tert-OH is 1. The van der Waals surface area contributed by atoms with Gasteiger partial charge in [-0.15, -0.1) is 0 Å². The van der Waals surface area contributed by atoms with E-state index in [2.05, 4.69) is 0 Å². The van der Waals surface area contributed by atoms with E-state index in [4.69, 9.17) is 20.4 Å². The maximum Gasteiger partial charge on any atom is 0.371 e. The van der Waals surface area contributed by atoms with Crippen molar-refractivity contribution in [2.75, 3.05) is 5.73 Å². The van der Waals surface area contributed by atoms with Crippen LogP contribution in [0.3, 0.4) is 0 Å². The van der Waals surface area contributed by atoms with E-state index in [1.807, 2.05) is 12.1 Å². The van der Waals surface area contributed by atoms with E-state index >= 15 is 0 Å². The summed E-state index contributed by atoms with van der Waals surface area (Å²) in [7, 11) is 0. The number of ketones is 1. The van der Waals surface area contributed by atoms with Gasteiger partial charge in [0, 0.05) is 18.2 Å². The largest absolute Gasteiger partial charge is 0.502 e. The van der Waals surface area contributed by atoms with E-state index in [1.54, 1.807) is 12.1 Å². The lowest BCUT2D eigenvalue weighted by Gasteiger charge is -1.98. The quantitative estimate of drug-likeness (QED) is 0.336. The number of nitrogens with two attached hydrogens (primary N) is 1. The van der Waals surface area contributed by atoms with Crippen molar-refractivity contribution in [1.82, 2.24) is 0 Å². The molecule has 108 valence electrons. The van der Waals surface area contributed by atoms with Gasteiger partial charge in [-0.2, -0.15) is 0 Å². The van der Waals surface area contributed by atoms with Crippen molar-refractivity contribution in [2.24, 2.45) is 0 Å². The van der Waals surface area contributed by atoms with Crippen LogP contribution in [0.5, 0.6) is 0 Å². The van der Waals surface area contributed by atoms with Gasteiger partial charge in [0.15, 0.2) is 5.76 Å². The van der Waals surface area contributed by atoms with Crippen molar-refractivity contribution in [1.29, 1.82) is 0 Å². The first-order valence-corrected chi connectivity index (χ1v) is 6.06. The van der Waals surface area contributed by atoms with Crippen LogP contribution in [0.4, 0.5) is 5.69 Å². The summed E-state index contributed by atoms with van der Waals surface area (Å²) < 4.78 is 5.08. The molecule has 0 aliphatic heterocycles. The lowest BCUT2D eigenvalue weighted by atomic mass is 10.1. The second-order valence-electron chi connectivity index (χ2n) is 4.44. The molecule has 6 heteroatoms. The van der Waals surface area contributed by atoms with E-state index in [-0.39, 0.29) is 5.76 Å². The number of nitrogen functional groups attached to an aromatic ring is 1. The lowest BCUT2D eigenvalue weighted by Crippen LogP contribution is -2.03. The van der Waals surface area contributed by atoms with Gasteiger partial charge < -0.3 is 20.4 Å². The number of hydrogen-bond acceptors (Lipinski definition) is 5. The molecule has 6 nitrogen and oxygen atoms in total. The number of furan rings is 1. The van der Waals surface area contributed by atoms with E-state index < -0.39 is 17.5 Å². The molecule has 0 saturated heterocycles. The fourth-order valence-electron chi connectivity index (χ4n) is 1.73. The molecule has 0 spiro atoms. The summed E-state index contributed by atoms with van der Waals surface area (Å²) in [6, 6.07) is 8.77. The molecule has 0 saturated carbocycles. The van der Waals surface area contributed by atoms with Gasteiger partial charge in [-0.1, -0.05) is 12.1 Å². The highest BCUT2D eigenvalue weighted by molar-refractivity contribution is 6.06. The molecule has 0 aliphatic carbocycles. The first kappa shape index (κ1) is 14.4. The Morgan fingerprint density at radius 3 is 2.43 bits per heavy atom. The molecule has 2 aromatic rings.